The molecule has 4 aliphatic carbocycles. The Hall–Kier alpha value is -0.0800. The highest BCUT2D eigenvalue weighted by Gasteiger charge is 2.63. The summed E-state index contributed by atoms with van der Waals surface area (Å²) in [4.78, 5) is 0. The molecule has 2 nitrogen and oxygen atoms in total. The summed E-state index contributed by atoms with van der Waals surface area (Å²) in [6.45, 7) is 6.52. The molecule has 0 heterocycles. The summed E-state index contributed by atoms with van der Waals surface area (Å²) in [5.41, 5.74) is -1.08. The van der Waals surface area contributed by atoms with E-state index in [1.807, 2.05) is 0 Å². The van der Waals surface area contributed by atoms with Crippen LogP contribution in [0.15, 0.2) is 0 Å². The van der Waals surface area contributed by atoms with Crippen LogP contribution in [0.1, 0.15) is 78.6 Å². The van der Waals surface area contributed by atoms with E-state index in [0.29, 0.717) is 17.8 Å². The molecule has 4 rings (SSSR count). The minimum atomic E-state index is -0.608. The molecule has 0 radical (unpaired) electrons. The van der Waals surface area contributed by atoms with Crippen molar-refractivity contribution in [2.45, 2.75) is 89.8 Å². The molecule has 4 saturated carbocycles. The quantitative estimate of drug-likeness (QED) is 0.802. The van der Waals surface area contributed by atoms with Crippen molar-refractivity contribution >= 4 is 0 Å². The first-order chi connectivity index (χ1) is 9.34. The van der Waals surface area contributed by atoms with Gasteiger partial charge in [-0.2, -0.15) is 0 Å². The number of aliphatic hydroxyl groups is 2. The summed E-state index contributed by atoms with van der Waals surface area (Å²) >= 11 is 0. The third-order valence-electron chi connectivity index (χ3n) is 7.03. The number of rotatable bonds is 5. The molecule has 116 valence electrons. The number of hydrogen-bond acceptors (Lipinski definition) is 2. The second-order valence-corrected chi connectivity index (χ2v) is 8.51. The normalized spacial score (nSPS) is 47.2. The largest absolute Gasteiger partial charge is 0.390 e. The molecule has 4 unspecified atom stereocenters. The lowest BCUT2D eigenvalue weighted by Gasteiger charge is -2.65. The van der Waals surface area contributed by atoms with E-state index in [0.717, 1.165) is 51.4 Å². The predicted molar refractivity (Wildman–Crippen MR) is 81.4 cm³/mol. The van der Waals surface area contributed by atoms with Gasteiger partial charge in [-0.15, -0.1) is 0 Å². The summed E-state index contributed by atoms with van der Waals surface area (Å²) in [6.07, 6.45) is 9.73. The van der Waals surface area contributed by atoms with Gasteiger partial charge in [0.2, 0.25) is 0 Å². The molecule has 4 aliphatic rings. The van der Waals surface area contributed by atoms with Crippen LogP contribution >= 0.6 is 0 Å². The molecule has 2 heteroatoms. The molecule has 4 atom stereocenters. The zero-order chi connectivity index (χ0) is 14.6. The molecule has 0 saturated heterocycles. The first-order valence-corrected chi connectivity index (χ1v) is 8.79. The molecule has 0 amide bonds. The molecule has 0 aromatic carbocycles. The van der Waals surface area contributed by atoms with E-state index in [9.17, 15) is 10.2 Å². The first-order valence-electron chi connectivity index (χ1n) is 8.79. The summed E-state index contributed by atoms with van der Waals surface area (Å²) < 4.78 is 0. The maximum absolute atomic E-state index is 11.5. The van der Waals surface area contributed by atoms with E-state index in [4.69, 9.17) is 0 Å². The molecule has 4 bridgehead atoms. The van der Waals surface area contributed by atoms with Crippen LogP contribution in [0, 0.1) is 23.2 Å². The lowest BCUT2D eigenvalue weighted by atomic mass is 9.42. The fraction of sp³-hybridized carbons (Fsp3) is 1.00. The first kappa shape index (κ1) is 14.8. The maximum Gasteiger partial charge on any atom is 0.0704 e. The average molecular weight is 280 g/mol. The van der Waals surface area contributed by atoms with Crippen molar-refractivity contribution in [3.8, 4) is 0 Å². The van der Waals surface area contributed by atoms with Gasteiger partial charge in [0.05, 0.1) is 11.2 Å². The van der Waals surface area contributed by atoms with Crippen LogP contribution in [-0.4, -0.2) is 21.4 Å². The van der Waals surface area contributed by atoms with Crippen molar-refractivity contribution in [1.29, 1.82) is 0 Å². The lowest BCUT2D eigenvalue weighted by Crippen LogP contribution is -2.64. The highest BCUT2D eigenvalue weighted by molar-refractivity contribution is 5.14. The Bertz CT molecular complexity index is 360. The molecule has 4 fully saturated rings. The zero-order valence-corrected chi connectivity index (χ0v) is 13.5. The summed E-state index contributed by atoms with van der Waals surface area (Å²) in [5.74, 6) is 1.70. The van der Waals surface area contributed by atoms with Gasteiger partial charge in [-0.25, -0.2) is 0 Å². The van der Waals surface area contributed by atoms with Gasteiger partial charge in [0.15, 0.2) is 0 Å². The van der Waals surface area contributed by atoms with Crippen molar-refractivity contribution in [2.24, 2.45) is 23.2 Å². The molecule has 0 aromatic rings. The van der Waals surface area contributed by atoms with Crippen LogP contribution in [0.4, 0.5) is 0 Å². The monoisotopic (exact) mass is 280 g/mol. The third-order valence-corrected chi connectivity index (χ3v) is 7.03. The smallest absolute Gasteiger partial charge is 0.0704 e. The van der Waals surface area contributed by atoms with Gasteiger partial charge < -0.3 is 10.2 Å². The van der Waals surface area contributed by atoms with Crippen molar-refractivity contribution in [3.05, 3.63) is 0 Å². The Morgan fingerprint density at radius 2 is 1.75 bits per heavy atom. The minimum absolute atomic E-state index is 0.0122. The molecular formula is C18H32O2. The van der Waals surface area contributed by atoms with Crippen molar-refractivity contribution in [1.82, 2.24) is 0 Å². The van der Waals surface area contributed by atoms with Crippen LogP contribution < -0.4 is 0 Å². The third kappa shape index (κ3) is 2.06. The van der Waals surface area contributed by atoms with Gasteiger partial charge in [-0.3, -0.25) is 0 Å². The fourth-order valence-electron chi connectivity index (χ4n) is 6.47. The Morgan fingerprint density at radius 1 is 1.15 bits per heavy atom. The van der Waals surface area contributed by atoms with E-state index in [1.54, 1.807) is 0 Å². The Balaban J connectivity index is 1.91. The maximum atomic E-state index is 11.5. The highest BCUT2D eigenvalue weighted by Crippen LogP contribution is 2.66. The Morgan fingerprint density at radius 3 is 2.20 bits per heavy atom. The van der Waals surface area contributed by atoms with Gasteiger partial charge in [-0.1, -0.05) is 26.7 Å². The van der Waals surface area contributed by atoms with Crippen molar-refractivity contribution in [3.63, 3.8) is 0 Å². The summed E-state index contributed by atoms with van der Waals surface area (Å²) in [6, 6.07) is 0. The van der Waals surface area contributed by atoms with Crippen LogP contribution in [0.2, 0.25) is 0 Å². The molecule has 0 spiro atoms. The van der Waals surface area contributed by atoms with Gasteiger partial charge in [0.25, 0.3) is 0 Å². The molecule has 0 aromatic heterocycles. The summed E-state index contributed by atoms with van der Waals surface area (Å²) in [5, 5.41) is 22.4. The van der Waals surface area contributed by atoms with E-state index < -0.39 is 11.2 Å². The van der Waals surface area contributed by atoms with Crippen molar-refractivity contribution in [2.75, 3.05) is 0 Å². The van der Waals surface area contributed by atoms with Crippen LogP contribution in [0.25, 0.3) is 0 Å². The van der Waals surface area contributed by atoms with Gasteiger partial charge in [0, 0.05) is 5.41 Å². The minimum Gasteiger partial charge on any atom is -0.390 e. The fourth-order valence-corrected chi connectivity index (χ4v) is 6.47. The number of hydrogen-bond donors (Lipinski definition) is 2. The molecule has 2 N–H and O–H groups in total. The second kappa shape index (κ2) is 4.71. The topological polar surface area (TPSA) is 40.5 Å². The lowest BCUT2D eigenvalue weighted by molar-refractivity contribution is -0.240. The van der Waals surface area contributed by atoms with E-state index in [1.165, 1.54) is 6.42 Å². The standard InChI is InChI=1S/C18H32O2/c1-4-6-15(5-2)16(3,19)17-8-13-7-14(9-17)11-18(20,10-13)12-17/h13-15,19-20H,4-12H2,1-3H3. The van der Waals surface area contributed by atoms with Gasteiger partial charge in [-0.05, 0) is 69.6 Å². The zero-order valence-electron chi connectivity index (χ0n) is 13.5. The second-order valence-electron chi connectivity index (χ2n) is 8.51. The van der Waals surface area contributed by atoms with Crippen molar-refractivity contribution < 1.29 is 10.2 Å². The average Bonchev–Trinajstić information content (AvgIpc) is 2.32. The predicted octanol–water partition coefficient (Wildman–Crippen LogP) is 3.90. The summed E-state index contributed by atoms with van der Waals surface area (Å²) in [7, 11) is 0. The Kier molecular flexibility index (Phi) is 3.49. The SMILES string of the molecule is CCCC(CC)C(C)(O)C12CC3CC(CC(O)(C3)C1)C2. The Labute approximate surface area is 124 Å². The van der Waals surface area contributed by atoms with E-state index in [2.05, 4.69) is 20.8 Å². The van der Waals surface area contributed by atoms with E-state index >= 15 is 0 Å². The highest BCUT2D eigenvalue weighted by atomic mass is 16.3. The molecular weight excluding hydrogens is 248 g/mol. The van der Waals surface area contributed by atoms with Crippen LogP contribution in [0.5, 0.6) is 0 Å². The van der Waals surface area contributed by atoms with Crippen LogP contribution in [-0.2, 0) is 0 Å². The molecule has 20 heavy (non-hydrogen) atoms. The van der Waals surface area contributed by atoms with Gasteiger partial charge in [0.1, 0.15) is 0 Å². The van der Waals surface area contributed by atoms with Crippen LogP contribution in [0.3, 0.4) is 0 Å². The molecule has 0 aliphatic heterocycles. The van der Waals surface area contributed by atoms with E-state index in [-0.39, 0.29) is 5.41 Å². The van der Waals surface area contributed by atoms with Gasteiger partial charge >= 0.3 is 0 Å².